The van der Waals surface area contributed by atoms with Crippen molar-refractivity contribution in [3.05, 3.63) is 77.4 Å². The average molecular weight is 267 g/mol. The minimum absolute atomic E-state index is 0.284. The number of aryl methyl sites for hydroxylation is 1. The van der Waals surface area contributed by atoms with Gasteiger partial charge in [0.25, 0.3) is 0 Å². The highest BCUT2D eigenvalue weighted by molar-refractivity contribution is 5.85. The first-order valence-electron chi connectivity index (χ1n) is 6.43. The van der Waals surface area contributed by atoms with Crippen LogP contribution < -0.4 is 0 Å². The van der Waals surface area contributed by atoms with Gasteiger partial charge in [0.05, 0.1) is 0 Å². The lowest BCUT2D eigenvalue weighted by atomic mass is 9.96. The summed E-state index contributed by atoms with van der Waals surface area (Å²) in [6, 6.07) is 12.3. The first-order valence-corrected chi connectivity index (χ1v) is 6.43. The van der Waals surface area contributed by atoms with Crippen molar-refractivity contribution >= 4 is 10.8 Å². The summed E-state index contributed by atoms with van der Waals surface area (Å²) in [5.74, 6) is -0.390. The van der Waals surface area contributed by atoms with Crippen LogP contribution in [-0.4, -0.2) is 10.1 Å². The predicted octanol–water partition coefficient (Wildman–Crippen LogP) is 3.76. The highest BCUT2D eigenvalue weighted by Crippen LogP contribution is 2.30. The fourth-order valence-corrected chi connectivity index (χ4v) is 2.40. The minimum atomic E-state index is -0.997. The van der Waals surface area contributed by atoms with Crippen LogP contribution in [0.1, 0.15) is 22.8 Å². The van der Waals surface area contributed by atoms with Crippen LogP contribution in [-0.2, 0) is 0 Å². The SMILES string of the molecule is Cc1ccc(C(O)c2cccc3ccncc23)c(F)c1. The highest BCUT2D eigenvalue weighted by atomic mass is 19.1. The largest absolute Gasteiger partial charge is 0.384 e. The van der Waals surface area contributed by atoms with E-state index in [4.69, 9.17) is 0 Å². The smallest absolute Gasteiger partial charge is 0.129 e. The zero-order valence-corrected chi connectivity index (χ0v) is 11.0. The summed E-state index contributed by atoms with van der Waals surface area (Å²) >= 11 is 0. The Labute approximate surface area is 116 Å². The molecule has 2 nitrogen and oxygen atoms in total. The Balaban J connectivity index is 2.15. The molecular formula is C17H14FNO. The van der Waals surface area contributed by atoms with Gasteiger partial charge < -0.3 is 5.11 Å². The molecule has 0 amide bonds. The number of hydrogen-bond acceptors (Lipinski definition) is 2. The second-order valence-corrected chi connectivity index (χ2v) is 4.87. The molecule has 0 aliphatic rings. The van der Waals surface area contributed by atoms with Gasteiger partial charge in [0.15, 0.2) is 0 Å². The van der Waals surface area contributed by atoms with Crippen LogP contribution in [0.2, 0.25) is 0 Å². The van der Waals surface area contributed by atoms with Gasteiger partial charge in [-0.05, 0) is 35.6 Å². The Bertz CT molecular complexity index is 765. The fraction of sp³-hybridized carbons (Fsp3) is 0.118. The molecule has 100 valence electrons. The molecule has 1 unspecified atom stereocenters. The van der Waals surface area contributed by atoms with Gasteiger partial charge in [0, 0.05) is 23.3 Å². The van der Waals surface area contributed by atoms with Crippen LogP contribution in [0.3, 0.4) is 0 Å². The number of fused-ring (bicyclic) bond motifs is 1. The maximum atomic E-state index is 14.0. The third-order valence-corrected chi connectivity index (χ3v) is 3.46. The molecule has 0 spiro atoms. The number of aliphatic hydroxyl groups excluding tert-OH is 1. The predicted molar refractivity (Wildman–Crippen MR) is 76.9 cm³/mol. The van der Waals surface area contributed by atoms with E-state index >= 15 is 0 Å². The van der Waals surface area contributed by atoms with Gasteiger partial charge in [-0.15, -0.1) is 0 Å². The molecule has 1 N–H and O–H groups in total. The molecule has 1 heterocycles. The van der Waals surface area contributed by atoms with Gasteiger partial charge in [-0.1, -0.05) is 30.3 Å². The van der Waals surface area contributed by atoms with Gasteiger partial charge in [0.2, 0.25) is 0 Å². The molecule has 0 bridgehead atoms. The van der Waals surface area contributed by atoms with E-state index in [0.29, 0.717) is 5.56 Å². The zero-order chi connectivity index (χ0) is 14.1. The highest BCUT2D eigenvalue weighted by Gasteiger charge is 2.17. The molecule has 1 atom stereocenters. The quantitative estimate of drug-likeness (QED) is 0.766. The van der Waals surface area contributed by atoms with Crippen LogP contribution in [0, 0.1) is 12.7 Å². The van der Waals surface area contributed by atoms with Crippen molar-refractivity contribution < 1.29 is 9.50 Å². The first kappa shape index (κ1) is 12.8. The summed E-state index contributed by atoms with van der Waals surface area (Å²) in [5.41, 5.74) is 1.78. The van der Waals surface area contributed by atoms with E-state index in [1.54, 1.807) is 30.6 Å². The Hall–Kier alpha value is -2.26. The Morgan fingerprint density at radius 3 is 2.75 bits per heavy atom. The second-order valence-electron chi connectivity index (χ2n) is 4.87. The van der Waals surface area contributed by atoms with Crippen molar-refractivity contribution in [1.29, 1.82) is 0 Å². The van der Waals surface area contributed by atoms with E-state index < -0.39 is 11.9 Å². The molecule has 0 saturated heterocycles. The Morgan fingerprint density at radius 1 is 1.10 bits per heavy atom. The summed E-state index contributed by atoms with van der Waals surface area (Å²) in [7, 11) is 0. The standard InChI is InChI=1S/C17H14FNO/c1-11-5-6-14(16(18)9-11)17(20)13-4-2-3-12-7-8-19-10-15(12)13/h2-10,17,20H,1H3. The van der Waals surface area contributed by atoms with Crippen LogP contribution in [0.4, 0.5) is 4.39 Å². The number of aromatic nitrogens is 1. The van der Waals surface area contributed by atoms with Crippen molar-refractivity contribution in [1.82, 2.24) is 4.98 Å². The third kappa shape index (κ3) is 2.17. The lowest BCUT2D eigenvalue weighted by Gasteiger charge is -2.15. The van der Waals surface area contributed by atoms with Gasteiger partial charge in [-0.25, -0.2) is 4.39 Å². The Morgan fingerprint density at radius 2 is 1.95 bits per heavy atom. The molecule has 3 aromatic rings. The second kappa shape index (κ2) is 5.02. The number of benzene rings is 2. The molecule has 0 radical (unpaired) electrons. The lowest BCUT2D eigenvalue weighted by molar-refractivity contribution is 0.216. The molecule has 0 aliphatic carbocycles. The Kier molecular flexibility index (Phi) is 3.20. The molecule has 3 heteroatoms. The monoisotopic (exact) mass is 267 g/mol. The van der Waals surface area contributed by atoms with Crippen molar-refractivity contribution in [2.45, 2.75) is 13.0 Å². The lowest BCUT2D eigenvalue weighted by Crippen LogP contribution is -2.03. The van der Waals surface area contributed by atoms with E-state index in [-0.39, 0.29) is 5.56 Å². The van der Waals surface area contributed by atoms with E-state index in [1.807, 2.05) is 25.1 Å². The number of aliphatic hydroxyl groups is 1. The zero-order valence-electron chi connectivity index (χ0n) is 11.0. The van der Waals surface area contributed by atoms with Gasteiger partial charge in [-0.3, -0.25) is 4.98 Å². The van der Waals surface area contributed by atoms with Crippen LogP contribution in [0.15, 0.2) is 54.9 Å². The fourth-order valence-electron chi connectivity index (χ4n) is 2.40. The van der Waals surface area contributed by atoms with Crippen molar-refractivity contribution in [3.8, 4) is 0 Å². The van der Waals surface area contributed by atoms with Crippen LogP contribution in [0.25, 0.3) is 10.8 Å². The molecule has 0 aliphatic heterocycles. The average Bonchev–Trinajstić information content (AvgIpc) is 2.46. The maximum absolute atomic E-state index is 14.0. The number of halogens is 1. The van der Waals surface area contributed by atoms with Gasteiger partial charge in [-0.2, -0.15) is 0 Å². The summed E-state index contributed by atoms with van der Waals surface area (Å²) < 4.78 is 14.0. The van der Waals surface area contributed by atoms with E-state index in [1.165, 1.54) is 6.07 Å². The van der Waals surface area contributed by atoms with Crippen molar-refractivity contribution in [2.24, 2.45) is 0 Å². The first-order chi connectivity index (χ1) is 9.66. The van der Waals surface area contributed by atoms with Crippen LogP contribution in [0.5, 0.6) is 0 Å². The summed E-state index contributed by atoms with van der Waals surface area (Å²) in [5, 5.41) is 12.3. The maximum Gasteiger partial charge on any atom is 0.129 e. The topological polar surface area (TPSA) is 33.1 Å². The molecular weight excluding hydrogens is 253 g/mol. The molecule has 0 fully saturated rings. The van der Waals surface area contributed by atoms with Gasteiger partial charge >= 0.3 is 0 Å². The summed E-state index contributed by atoms with van der Waals surface area (Å²) in [6.45, 7) is 1.82. The molecule has 1 aromatic heterocycles. The van der Waals surface area contributed by atoms with E-state index in [0.717, 1.165) is 16.3 Å². The van der Waals surface area contributed by atoms with E-state index in [2.05, 4.69) is 4.98 Å². The minimum Gasteiger partial charge on any atom is -0.384 e. The number of rotatable bonds is 2. The number of pyridine rings is 1. The normalized spacial score (nSPS) is 12.6. The van der Waals surface area contributed by atoms with E-state index in [9.17, 15) is 9.50 Å². The molecule has 3 rings (SSSR count). The summed E-state index contributed by atoms with van der Waals surface area (Å²) in [6.07, 6.45) is 2.40. The molecule has 2 aromatic carbocycles. The molecule has 20 heavy (non-hydrogen) atoms. The third-order valence-electron chi connectivity index (χ3n) is 3.46. The summed E-state index contributed by atoms with van der Waals surface area (Å²) in [4.78, 5) is 4.08. The molecule has 0 saturated carbocycles. The van der Waals surface area contributed by atoms with Crippen molar-refractivity contribution in [2.75, 3.05) is 0 Å². The van der Waals surface area contributed by atoms with Crippen molar-refractivity contribution in [3.63, 3.8) is 0 Å². The van der Waals surface area contributed by atoms with Crippen LogP contribution >= 0.6 is 0 Å². The number of nitrogens with zero attached hydrogens (tertiary/aromatic N) is 1. The van der Waals surface area contributed by atoms with Gasteiger partial charge in [0.1, 0.15) is 11.9 Å². The number of hydrogen-bond donors (Lipinski definition) is 1.